The van der Waals surface area contributed by atoms with Gasteiger partial charge in [0.25, 0.3) is 15.7 Å². The molecular formula is C17H17N3O6S. The maximum Gasteiger partial charge on any atom is 0.349 e. The largest absolute Gasteiger partial charge is 0.462 e. The molecular weight excluding hydrogens is 374 g/mol. The molecule has 0 aliphatic heterocycles. The molecule has 0 aliphatic carbocycles. The lowest BCUT2D eigenvalue weighted by atomic mass is 10.2. The van der Waals surface area contributed by atoms with Gasteiger partial charge in [0.1, 0.15) is 6.21 Å². The number of carbonyl (C=O) groups excluding carboxylic acids is 1. The monoisotopic (exact) mass is 391 g/mol. The third-order valence-corrected chi connectivity index (χ3v) is 4.74. The van der Waals surface area contributed by atoms with Gasteiger partial charge in [-0.3, -0.25) is 14.8 Å². The number of aryl methyl sites for hydroxylation is 1. The summed E-state index contributed by atoms with van der Waals surface area (Å²) in [5.74, 6) is -0.719. The quantitative estimate of drug-likeness (QED) is 0.334. The van der Waals surface area contributed by atoms with Crippen molar-refractivity contribution in [2.45, 2.75) is 18.7 Å². The van der Waals surface area contributed by atoms with Gasteiger partial charge < -0.3 is 4.74 Å². The van der Waals surface area contributed by atoms with E-state index in [1.165, 1.54) is 18.2 Å². The number of esters is 1. The van der Waals surface area contributed by atoms with Crippen molar-refractivity contribution in [2.24, 2.45) is 4.99 Å². The molecule has 1 N–H and O–H groups in total. The second-order valence-electron chi connectivity index (χ2n) is 5.39. The number of nitro groups is 1. The summed E-state index contributed by atoms with van der Waals surface area (Å²) in [7, 11) is -4.01. The Morgan fingerprint density at radius 1 is 1.26 bits per heavy atom. The van der Waals surface area contributed by atoms with Crippen LogP contribution in [0.5, 0.6) is 0 Å². The number of sulfonamides is 1. The van der Waals surface area contributed by atoms with E-state index in [2.05, 4.69) is 9.71 Å². The van der Waals surface area contributed by atoms with Gasteiger partial charge in [-0.2, -0.15) is 0 Å². The Labute approximate surface area is 155 Å². The normalized spacial score (nSPS) is 11.3. The molecule has 0 spiro atoms. The van der Waals surface area contributed by atoms with Gasteiger partial charge in [0.05, 0.1) is 27.8 Å². The van der Waals surface area contributed by atoms with E-state index in [0.717, 1.165) is 23.9 Å². The number of hydrogen-bond acceptors (Lipinski definition) is 7. The van der Waals surface area contributed by atoms with E-state index in [-0.39, 0.29) is 28.6 Å². The van der Waals surface area contributed by atoms with Crippen molar-refractivity contribution in [2.75, 3.05) is 11.3 Å². The number of hydrogen-bond donors (Lipinski definition) is 1. The Bertz CT molecular complexity index is 984. The standard InChI is InChI=1S/C17H17N3O6S/c1-3-26-17(21)11-18-15-9-6-13(20(22)23)10-16(15)19-27(24,25)14-7-4-12(2)5-8-14/h4-11,19H,3H2,1-2H3. The second-order valence-corrected chi connectivity index (χ2v) is 7.07. The summed E-state index contributed by atoms with van der Waals surface area (Å²) in [5.41, 5.74) is 0.449. The summed E-state index contributed by atoms with van der Waals surface area (Å²) in [4.78, 5) is 25.6. The van der Waals surface area contributed by atoms with Crippen LogP contribution in [0.3, 0.4) is 0 Å². The number of non-ortho nitro benzene ring substituents is 1. The SMILES string of the molecule is CCOC(=O)C=Nc1ccc([N+](=O)[O-])cc1NS(=O)(=O)c1ccc(C)cc1. The number of nitrogens with zero attached hydrogens (tertiary/aromatic N) is 2. The van der Waals surface area contributed by atoms with E-state index in [1.54, 1.807) is 19.1 Å². The third-order valence-electron chi connectivity index (χ3n) is 3.36. The zero-order valence-corrected chi connectivity index (χ0v) is 15.4. The Kier molecular flexibility index (Phi) is 6.24. The van der Waals surface area contributed by atoms with Crippen LogP contribution >= 0.6 is 0 Å². The molecule has 0 fully saturated rings. The van der Waals surface area contributed by atoms with E-state index in [1.807, 2.05) is 6.92 Å². The molecule has 27 heavy (non-hydrogen) atoms. The predicted octanol–water partition coefficient (Wildman–Crippen LogP) is 2.97. The highest BCUT2D eigenvalue weighted by Gasteiger charge is 2.18. The molecule has 0 aliphatic rings. The summed E-state index contributed by atoms with van der Waals surface area (Å²) >= 11 is 0. The molecule has 0 radical (unpaired) electrons. The molecule has 9 nitrogen and oxygen atoms in total. The third kappa shape index (κ3) is 5.35. The van der Waals surface area contributed by atoms with Crippen LogP contribution in [0.15, 0.2) is 52.4 Å². The van der Waals surface area contributed by atoms with E-state index in [9.17, 15) is 23.3 Å². The summed E-state index contributed by atoms with van der Waals surface area (Å²) < 4.78 is 32.1. The first-order valence-corrected chi connectivity index (χ1v) is 9.30. The second kappa shape index (κ2) is 8.41. The number of carbonyl (C=O) groups is 1. The summed E-state index contributed by atoms with van der Waals surface area (Å²) in [6.07, 6.45) is 0.869. The zero-order chi connectivity index (χ0) is 20.0. The van der Waals surface area contributed by atoms with Crippen LogP contribution in [0.4, 0.5) is 17.1 Å². The molecule has 0 aromatic heterocycles. The molecule has 2 rings (SSSR count). The van der Waals surface area contributed by atoms with Crippen LogP contribution in [-0.4, -0.2) is 32.1 Å². The van der Waals surface area contributed by atoms with E-state index >= 15 is 0 Å². The molecule has 142 valence electrons. The molecule has 0 amide bonds. The van der Waals surface area contributed by atoms with Crippen molar-refractivity contribution >= 4 is 39.3 Å². The maximum absolute atomic E-state index is 12.6. The van der Waals surface area contributed by atoms with Crippen molar-refractivity contribution in [3.63, 3.8) is 0 Å². The van der Waals surface area contributed by atoms with Crippen molar-refractivity contribution < 1.29 is 22.9 Å². The van der Waals surface area contributed by atoms with Crippen LogP contribution < -0.4 is 4.72 Å². The maximum atomic E-state index is 12.6. The Morgan fingerprint density at radius 2 is 1.93 bits per heavy atom. The Hall–Kier alpha value is -3.27. The van der Waals surface area contributed by atoms with Crippen molar-refractivity contribution in [1.82, 2.24) is 0 Å². The fourth-order valence-corrected chi connectivity index (χ4v) is 3.12. The first-order valence-electron chi connectivity index (χ1n) is 7.81. The number of nitro benzene ring substituents is 1. The lowest BCUT2D eigenvalue weighted by Gasteiger charge is -2.10. The van der Waals surface area contributed by atoms with Crippen molar-refractivity contribution in [3.8, 4) is 0 Å². The minimum absolute atomic E-state index is 0.0140. The Balaban J connectivity index is 2.42. The topological polar surface area (TPSA) is 128 Å². The summed E-state index contributed by atoms with van der Waals surface area (Å²) in [6, 6.07) is 9.50. The Morgan fingerprint density at radius 3 is 2.52 bits per heavy atom. The zero-order valence-electron chi connectivity index (χ0n) is 14.6. The van der Waals surface area contributed by atoms with Crippen LogP contribution in [0, 0.1) is 17.0 Å². The van der Waals surface area contributed by atoms with Gasteiger partial charge in [-0.25, -0.2) is 18.2 Å². The highest BCUT2D eigenvalue weighted by atomic mass is 32.2. The van der Waals surface area contributed by atoms with Crippen LogP contribution in [0.1, 0.15) is 12.5 Å². The molecule has 0 atom stereocenters. The molecule has 2 aromatic carbocycles. The van der Waals surface area contributed by atoms with E-state index < -0.39 is 20.9 Å². The first kappa shape index (κ1) is 20.0. The number of benzene rings is 2. The number of anilines is 1. The molecule has 10 heteroatoms. The highest BCUT2D eigenvalue weighted by molar-refractivity contribution is 7.92. The highest BCUT2D eigenvalue weighted by Crippen LogP contribution is 2.31. The number of rotatable bonds is 7. The molecule has 0 unspecified atom stereocenters. The first-order chi connectivity index (χ1) is 12.7. The van der Waals surface area contributed by atoms with Gasteiger partial charge in [-0.15, -0.1) is 0 Å². The predicted molar refractivity (Wildman–Crippen MR) is 99.9 cm³/mol. The smallest absolute Gasteiger partial charge is 0.349 e. The van der Waals surface area contributed by atoms with Crippen LogP contribution in [0.25, 0.3) is 0 Å². The number of aliphatic imine (C=N–C) groups is 1. The summed E-state index contributed by atoms with van der Waals surface area (Å²) in [5, 5.41) is 11.0. The van der Waals surface area contributed by atoms with Gasteiger partial charge in [0, 0.05) is 12.1 Å². The van der Waals surface area contributed by atoms with E-state index in [4.69, 9.17) is 4.74 Å². The van der Waals surface area contributed by atoms with Gasteiger partial charge >= 0.3 is 5.97 Å². The van der Waals surface area contributed by atoms with E-state index in [0.29, 0.717) is 0 Å². The van der Waals surface area contributed by atoms with Gasteiger partial charge in [-0.1, -0.05) is 17.7 Å². The van der Waals surface area contributed by atoms with Gasteiger partial charge in [-0.05, 0) is 32.0 Å². The number of nitrogens with one attached hydrogen (secondary N) is 1. The fourth-order valence-electron chi connectivity index (χ4n) is 2.05. The molecule has 0 saturated heterocycles. The fraction of sp³-hybridized carbons (Fsp3) is 0.176. The summed E-state index contributed by atoms with van der Waals surface area (Å²) in [6.45, 7) is 3.59. The van der Waals surface area contributed by atoms with Crippen LogP contribution in [-0.2, 0) is 19.6 Å². The van der Waals surface area contributed by atoms with Gasteiger partial charge in [0.15, 0.2) is 0 Å². The minimum atomic E-state index is -4.01. The van der Waals surface area contributed by atoms with Gasteiger partial charge in [0.2, 0.25) is 0 Å². The van der Waals surface area contributed by atoms with Crippen molar-refractivity contribution in [1.29, 1.82) is 0 Å². The lowest BCUT2D eigenvalue weighted by molar-refractivity contribution is -0.384. The molecule has 0 bridgehead atoms. The lowest BCUT2D eigenvalue weighted by Crippen LogP contribution is -2.13. The average Bonchev–Trinajstić information content (AvgIpc) is 2.60. The molecule has 0 saturated carbocycles. The molecule has 0 heterocycles. The molecule has 2 aromatic rings. The number of ether oxygens (including phenoxy) is 1. The average molecular weight is 391 g/mol. The van der Waals surface area contributed by atoms with Crippen molar-refractivity contribution in [3.05, 3.63) is 58.1 Å². The minimum Gasteiger partial charge on any atom is -0.462 e. The van der Waals surface area contributed by atoms with Crippen LogP contribution in [0.2, 0.25) is 0 Å².